The monoisotopic (exact) mass is 599 g/mol. The number of thioether (sulfide) groups is 1. The van der Waals surface area contributed by atoms with Crippen molar-refractivity contribution in [1.29, 1.82) is 0 Å². The highest BCUT2D eigenvalue weighted by Crippen LogP contribution is 2.23. The molecule has 236 valence electrons. The number of carboxylic acids is 2. The van der Waals surface area contributed by atoms with Crippen LogP contribution in [0.5, 0.6) is 0 Å². The number of H-pyrrole nitrogens is 1. The van der Waals surface area contributed by atoms with Gasteiger partial charge in [0.1, 0.15) is 0 Å². The van der Waals surface area contributed by atoms with E-state index in [2.05, 4.69) is 30.1 Å². The molecule has 1 unspecified atom stereocenters. The lowest BCUT2D eigenvalue weighted by molar-refractivity contribution is -0.137. The Morgan fingerprint density at radius 1 is 0.780 bits per heavy atom. The van der Waals surface area contributed by atoms with Crippen LogP contribution in [0.25, 0.3) is 10.9 Å². The molecule has 1 atom stereocenters. The van der Waals surface area contributed by atoms with Crippen molar-refractivity contribution >= 4 is 34.6 Å². The molecule has 0 amide bonds. The summed E-state index contributed by atoms with van der Waals surface area (Å²) >= 11 is 1.50. The summed E-state index contributed by atoms with van der Waals surface area (Å²) in [5.74, 6) is -1.10. The van der Waals surface area contributed by atoms with Crippen LogP contribution in [0.15, 0.2) is 36.5 Å². The van der Waals surface area contributed by atoms with E-state index in [1.807, 2.05) is 18.3 Å². The Hall–Kier alpha value is -2.11. The first-order valence-corrected chi connectivity index (χ1v) is 15.8. The normalized spacial score (nSPS) is 11.7. The Bertz CT molecular complexity index is 855. The fourth-order valence-corrected chi connectivity index (χ4v) is 5.13. The van der Waals surface area contributed by atoms with Crippen LogP contribution in [0.2, 0.25) is 0 Å². The first-order chi connectivity index (χ1) is 19.8. The standard InChI is InChI=1S/C18H34O4S.C8H7N.C5H12O4/c1-2-3-4-5-6-7-8-9-10-11-12-16(15-18(21)22)23-14-13-17(19)20;1-2-4-8-7(3-1)5-6-9-8;6-1-5(2-7,3-8)4-9/h16H,2-15H2,1H3,(H,19,20)(H,21,22);1-6,9H;6-9H,1-4H2. The molecule has 0 spiro atoms. The van der Waals surface area contributed by atoms with Crippen molar-refractivity contribution in [2.45, 2.75) is 95.6 Å². The lowest BCUT2D eigenvalue weighted by Gasteiger charge is -2.23. The second-order valence-corrected chi connectivity index (χ2v) is 11.8. The predicted molar refractivity (Wildman–Crippen MR) is 166 cm³/mol. The molecule has 0 radical (unpaired) electrons. The first-order valence-electron chi connectivity index (χ1n) is 14.8. The number of aliphatic carboxylic acids is 2. The highest BCUT2D eigenvalue weighted by molar-refractivity contribution is 7.99. The van der Waals surface area contributed by atoms with Gasteiger partial charge < -0.3 is 35.6 Å². The molecule has 0 aliphatic heterocycles. The van der Waals surface area contributed by atoms with Gasteiger partial charge in [0, 0.05) is 22.7 Å². The summed E-state index contributed by atoms with van der Waals surface area (Å²) in [6.07, 6.45) is 15.8. The Balaban J connectivity index is 0.000000714. The van der Waals surface area contributed by atoms with E-state index in [1.165, 1.54) is 74.0 Å². The molecule has 0 aliphatic rings. The summed E-state index contributed by atoms with van der Waals surface area (Å²) in [6.45, 7) is 0.609. The Morgan fingerprint density at radius 2 is 1.32 bits per heavy atom. The van der Waals surface area contributed by atoms with Crippen LogP contribution in [-0.2, 0) is 9.59 Å². The maximum Gasteiger partial charge on any atom is 0.304 e. The van der Waals surface area contributed by atoms with Crippen molar-refractivity contribution < 1.29 is 40.2 Å². The summed E-state index contributed by atoms with van der Waals surface area (Å²) in [5.41, 5.74) is 0.0949. The van der Waals surface area contributed by atoms with Gasteiger partial charge in [-0.3, -0.25) is 9.59 Å². The van der Waals surface area contributed by atoms with Crippen LogP contribution in [0.4, 0.5) is 0 Å². The number of unbranched alkanes of at least 4 members (excludes halogenated alkanes) is 9. The molecule has 10 heteroatoms. The molecular weight excluding hydrogens is 546 g/mol. The summed E-state index contributed by atoms with van der Waals surface area (Å²) in [5, 5.41) is 52.9. The molecule has 1 heterocycles. The van der Waals surface area contributed by atoms with Crippen LogP contribution >= 0.6 is 11.8 Å². The number of nitrogens with one attached hydrogen (secondary N) is 1. The lowest BCUT2D eigenvalue weighted by atomic mass is 9.93. The minimum atomic E-state index is -1.11. The molecular formula is C31H53NO8S. The van der Waals surface area contributed by atoms with Gasteiger partial charge >= 0.3 is 11.9 Å². The summed E-state index contributed by atoms with van der Waals surface area (Å²) in [7, 11) is 0. The second-order valence-electron chi connectivity index (χ2n) is 10.4. The third kappa shape index (κ3) is 20.4. The van der Waals surface area contributed by atoms with Crippen LogP contribution < -0.4 is 0 Å². The largest absolute Gasteiger partial charge is 0.481 e. The predicted octanol–water partition coefficient (Wildman–Crippen LogP) is 5.46. The average molecular weight is 600 g/mol. The molecule has 7 N–H and O–H groups in total. The average Bonchev–Trinajstić information content (AvgIpc) is 3.45. The molecule has 9 nitrogen and oxygen atoms in total. The molecule has 2 rings (SSSR count). The Kier molecular flexibility index (Phi) is 24.3. The molecule has 41 heavy (non-hydrogen) atoms. The van der Waals surface area contributed by atoms with Crippen molar-refractivity contribution in [3.8, 4) is 0 Å². The van der Waals surface area contributed by atoms with Crippen molar-refractivity contribution in [2.24, 2.45) is 5.41 Å². The van der Waals surface area contributed by atoms with Gasteiger partial charge in [0.2, 0.25) is 0 Å². The minimum Gasteiger partial charge on any atom is -0.481 e. The zero-order chi connectivity index (χ0) is 30.8. The zero-order valence-electron chi connectivity index (χ0n) is 24.7. The highest BCUT2D eigenvalue weighted by Gasteiger charge is 2.26. The van der Waals surface area contributed by atoms with Gasteiger partial charge in [-0.2, -0.15) is 11.8 Å². The number of benzene rings is 1. The maximum absolute atomic E-state index is 10.9. The van der Waals surface area contributed by atoms with Crippen LogP contribution in [-0.4, -0.2) is 85.0 Å². The Labute approximate surface area is 249 Å². The van der Waals surface area contributed by atoms with Gasteiger partial charge in [-0.15, -0.1) is 0 Å². The summed E-state index contributed by atoms with van der Waals surface area (Å²) in [6, 6.07) is 10.3. The van der Waals surface area contributed by atoms with E-state index in [1.54, 1.807) is 0 Å². The number of hydrogen-bond acceptors (Lipinski definition) is 7. The molecule has 0 bridgehead atoms. The second kappa shape index (κ2) is 25.6. The van der Waals surface area contributed by atoms with Crippen LogP contribution in [0.3, 0.4) is 0 Å². The summed E-state index contributed by atoms with van der Waals surface area (Å²) < 4.78 is 0. The topological polar surface area (TPSA) is 171 Å². The fourth-order valence-electron chi connectivity index (χ4n) is 3.91. The molecule has 1 aromatic carbocycles. The van der Waals surface area contributed by atoms with Crippen LogP contribution in [0, 0.1) is 5.41 Å². The van der Waals surface area contributed by atoms with Crippen molar-refractivity contribution in [3.63, 3.8) is 0 Å². The maximum atomic E-state index is 10.9. The van der Waals surface area contributed by atoms with E-state index in [-0.39, 0.29) is 18.1 Å². The molecule has 0 saturated carbocycles. The van der Waals surface area contributed by atoms with E-state index in [0.29, 0.717) is 5.75 Å². The van der Waals surface area contributed by atoms with Gasteiger partial charge in [0.25, 0.3) is 0 Å². The van der Waals surface area contributed by atoms with E-state index in [9.17, 15) is 9.59 Å². The molecule has 2 aromatic rings. The molecule has 1 aromatic heterocycles. The SMILES string of the molecule is CCCCCCCCCCCCC(CC(=O)O)SCCC(=O)O.OCC(CO)(CO)CO.c1ccc2[nH]ccc2c1. The number of fused-ring (bicyclic) bond motifs is 1. The zero-order valence-corrected chi connectivity index (χ0v) is 25.5. The minimum absolute atomic E-state index is 0.0564. The summed E-state index contributed by atoms with van der Waals surface area (Å²) in [4.78, 5) is 24.5. The number of aromatic amines is 1. The van der Waals surface area contributed by atoms with Crippen molar-refractivity contribution in [1.82, 2.24) is 4.98 Å². The quantitative estimate of drug-likeness (QED) is 0.0920. The van der Waals surface area contributed by atoms with Crippen molar-refractivity contribution in [3.05, 3.63) is 36.5 Å². The van der Waals surface area contributed by atoms with E-state index in [4.69, 9.17) is 30.6 Å². The first kappa shape index (κ1) is 38.9. The van der Waals surface area contributed by atoms with Crippen molar-refractivity contribution in [2.75, 3.05) is 32.2 Å². The van der Waals surface area contributed by atoms with Gasteiger partial charge in [0.15, 0.2) is 0 Å². The number of aliphatic hydroxyl groups excluding tert-OH is 4. The number of para-hydroxylation sites is 1. The lowest BCUT2D eigenvalue weighted by Crippen LogP contribution is -2.37. The number of hydrogen-bond donors (Lipinski definition) is 7. The third-order valence-electron chi connectivity index (χ3n) is 6.76. The number of carbonyl (C=O) groups is 2. The van der Waals surface area contributed by atoms with E-state index >= 15 is 0 Å². The van der Waals surface area contributed by atoms with Gasteiger partial charge in [-0.05, 0) is 23.9 Å². The Morgan fingerprint density at radius 3 is 1.78 bits per heavy atom. The number of rotatable bonds is 21. The molecule has 0 fully saturated rings. The van der Waals surface area contributed by atoms with Gasteiger partial charge in [-0.1, -0.05) is 89.3 Å². The van der Waals surface area contributed by atoms with Gasteiger partial charge in [0.05, 0.1) is 44.7 Å². The van der Waals surface area contributed by atoms with Gasteiger partial charge in [-0.25, -0.2) is 0 Å². The van der Waals surface area contributed by atoms with E-state index in [0.717, 1.165) is 19.3 Å². The number of aromatic nitrogens is 1. The number of carboxylic acid groups (broad SMARTS) is 2. The fraction of sp³-hybridized carbons (Fsp3) is 0.677. The smallest absolute Gasteiger partial charge is 0.304 e. The molecule has 0 saturated heterocycles. The van der Waals surface area contributed by atoms with Crippen LogP contribution in [0.1, 0.15) is 90.4 Å². The molecule has 0 aliphatic carbocycles. The third-order valence-corrected chi connectivity index (χ3v) is 8.07. The van der Waals surface area contributed by atoms with E-state index < -0.39 is 43.8 Å². The highest BCUT2D eigenvalue weighted by atomic mass is 32.2. The number of aliphatic hydroxyl groups is 4.